The minimum absolute atomic E-state index is 0.0708. The van der Waals surface area contributed by atoms with Gasteiger partial charge in [-0.3, -0.25) is 9.59 Å². The van der Waals surface area contributed by atoms with E-state index < -0.39 is 11.9 Å². The zero-order valence-electron chi connectivity index (χ0n) is 16.5. The Bertz CT molecular complexity index is 1110. The second kappa shape index (κ2) is 9.63. The molecule has 3 rings (SSSR count). The summed E-state index contributed by atoms with van der Waals surface area (Å²) < 4.78 is 2.18. The van der Waals surface area contributed by atoms with Crippen LogP contribution in [-0.4, -0.2) is 10.5 Å². The maximum absolute atomic E-state index is 12.0. The molecule has 7 heteroatoms. The van der Waals surface area contributed by atoms with Crippen LogP contribution in [0.15, 0.2) is 81.3 Å². The smallest absolute Gasteiger partial charge is 0.251 e. The highest BCUT2D eigenvalue weighted by atomic mass is 79.9. The largest absolute Gasteiger partial charge is 0.368 e. The number of nitrogens with two attached hydrogens (primary N) is 1. The zero-order valence-corrected chi connectivity index (χ0v) is 18.1. The molecule has 2 atom stereocenters. The van der Waals surface area contributed by atoms with Crippen molar-refractivity contribution in [3.8, 4) is 0 Å². The lowest BCUT2D eigenvalue weighted by atomic mass is 9.83. The number of pyridine rings is 1. The van der Waals surface area contributed by atoms with Gasteiger partial charge in [0.2, 0.25) is 5.91 Å². The molecule has 0 radical (unpaired) electrons. The summed E-state index contributed by atoms with van der Waals surface area (Å²) in [5, 5.41) is 3.36. The Morgan fingerprint density at radius 1 is 1.07 bits per heavy atom. The van der Waals surface area contributed by atoms with Gasteiger partial charge in [-0.2, -0.15) is 4.91 Å². The first-order valence-corrected chi connectivity index (χ1v) is 10.3. The number of rotatable bonds is 8. The maximum atomic E-state index is 12.0. The topological polar surface area (TPSA) is 94.5 Å². The molecule has 3 aromatic rings. The summed E-state index contributed by atoms with van der Waals surface area (Å²) in [5.74, 6) is -0.698. The van der Waals surface area contributed by atoms with Gasteiger partial charge < -0.3 is 10.3 Å². The molecule has 0 saturated carbocycles. The van der Waals surface area contributed by atoms with E-state index in [1.165, 1.54) is 16.8 Å². The number of hydrogen-bond donors (Lipinski definition) is 1. The van der Waals surface area contributed by atoms with E-state index in [4.69, 9.17) is 5.73 Å². The van der Waals surface area contributed by atoms with Crippen molar-refractivity contribution in [2.45, 2.75) is 31.8 Å². The summed E-state index contributed by atoms with van der Waals surface area (Å²) in [6.07, 6.45) is 1.92. The predicted molar refractivity (Wildman–Crippen MR) is 120 cm³/mol. The Labute approximate surface area is 182 Å². The number of benzene rings is 2. The number of carbonyl (C=O) groups is 1. The van der Waals surface area contributed by atoms with Gasteiger partial charge >= 0.3 is 0 Å². The van der Waals surface area contributed by atoms with Gasteiger partial charge in [-0.05, 0) is 53.8 Å². The first-order valence-electron chi connectivity index (χ1n) is 9.51. The third kappa shape index (κ3) is 5.10. The predicted octanol–water partition coefficient (Wildman–Crippen LogP) is 4.43. The molecule has 1 heterocycles. The van der Waals surface area contributed by atoms with Crippen LogP contribution in [0.4, 0.5) is 0 Å². The van der Waals surface area contributed by atoms with Gasteiger partial charge in [0.05, 0.1) is 0 Å². The second-order valence-corrected chi connectivity index (χ2v) is 8.13. The summed E-state index contributed by atoms with van der Waals surface area (Å²) >= 11 is 3.46. The molecule has 0 aliphatic rings. The van der Waals surface area contributed by atoms with Gasteiger partial charge in [-0.15, -0.1) is 0 Å². The monoisotopic (exact) mass is 467 g/mol. The Morgan fingerprint density at radius 2 is 1.73 bits per heavy atom. The fourth-order valence-electron chi connectivity index (χ4n) is 3.62. The van der Waals surface area contributed by atoms with E-state index >= 15 is 0 Å². The Kier molecular flexibility index (Phi) is 6.95. The molecule has 2 aromatic carbocycles. The number of amides is 1. The van der Waals surface area contributed by atoms with Crippen molar-refractivity contribution in [1.82, 2.24) is 4.57 Å². The molecule has 6 nitrogen and oxygen atoms in total. The molecular formula is C23H22BrN3O3. The summed E-state index contributed by atoms with van der Waals surface area (Å²) in [6.45, 7) is 1.80. The van der Waals surface area contributed by atoms with E-state index in [9.17, 15) is 14.5 Å². The van der Waals surface area contributed by atoms with Crippen LogP contribution in [0.5, 0.6) is 0 Å². The number of nitrogens with zero attached hydrogens (tertiary/aromatic N) is 2. The first-order chi connectivity index (χ1) is 14.4. The number of nitroso groups, excluding NO2 is 1. The summed E-state index contributed by atoms with van der Waals surface area (Å²) in [5.41, 5.74) is 8.73. The molecule has 0 spiro atoms. The minimum atomic E-state index is -0.696. The Hall–Kier alpha value is -3.06. The highest BCUT2D eigenvalue weighted by Gasteiger charge is 2.24. The molecule has 2 unspecified atom stereocenters. The fourth-order valence-corrected chi connectivity index (χ4v) is 3.88. The fraction of sp³-hybridized carbons (Fsp3) is 0.217. The lowest BCUT2D eigenvalue weighted by Crippen LogP contribution is -2.27. The van der Waals surface area contributed by atoms with Crippen molar-refractivity contribution >= 4 is 21.8 Å². The van der Waals surface area contributed by atoms with Crippen molar-refractivity contribution in [2.24, 2.45) is 10.9 Å². The van der Waals surface area contributed by atoms with Crippen LogP contribution in [-0.2, 0) is 11.3 Å². The van der Waals surface area contributed by atoms with Crippen molar-refractivity contribution in [2.75, 3.05) is 0 Å². The molecule has 154 valence electrons. The average Bonchev–Trinajstić information content (AvgIpc) is 2.72. The summed E-state index contributed by atoms with van der Waals surface area (Å²) in [7, 11) is 0. The lowest BCUT2D eigenvalue weighted by Gasteiger charge is -2.23. The third-order valence-electron chi connectivity index (χ3n) is 5.14. The molecule has 1 amide bonds. The summed E-state index contributed by atoms with van der Waals surface area (Å²) in [4.78, 5) is 35.1. The molecule has 2 N–H and O–H groups in total. The van der Waals surface area contributed by atoms with E-state index in [0.29, 0.717) is 12.0 Å². The van der Waals surface area contributed by atoms with Crippen molar-refractivity contribution in [3.63, 3.8) is 0 Å². The first kappa shape index (κ1) is 21.6. The minimum Gasteiger partial charge on any atom is -0.368 e. The van der Waals surface area contributed by atoms with Crippen LogP contribution in [0.2, 0.25) is 0 Å². The van der Waals surface area contributed by atoms with Gasteiger partial charge in [0.25, 0.3) is 5.56 Å². The average molecular weight is 468 g/mol. The highest BCUT2D eigenvalue weighted by molar-refractivity contribution is 9.10. The molecule has 0 aliphatic heterocycles. The molecule has 1 aromatic heterocycles. The number of halogens is 1. The van der Waals surface area contributed by atoms with Crippen molar-refractivity contribution in [1.29, 1.82) is 0 Å². The zero-order chi connectivity index (χ0) is 21.7. The number of hydrogen-bond acceptors (Lipinski definition) is 4. The molecule has 30 heavy (non-hydrogen) atoms. The quantitative estimate of drug-likeness (QED) is 0.496. The normalized spacial score (nSPS) is 12.9. The van der Waals surface area contributed by atoms with Gasteiger partial charge in [0.15, 0.2) is 0 Å². The van der Waals surface area contributed by atoms with Crippen LogP contribution >= 0.6 is 15.9 Å². The number of aryl methyl sites for hydroxylation is 1. The Morgan fingerprint density at radius 3 is 2.37 bits per heavy atom. The van der Waals surface area contributed by atoms with E-state index in [1.807, 2.05) is 49.4 Å². The van der Waals surface area contributed by atoms with Gasteiger partial charge in [0, 0.05) is 22.7 Å². The van der Waals surface area contributed by atoms with E-state index in [0.717, 1.165) is 21.2 Å². The van der Waals surface area contributed by atoms with Crippen molar-refractivity contribution in [3.05, 3.63) is 109 Å². The van der Waals surface area contributed by atoms with Gasteiger partial charge in [0.1, 0.15) is 12.6 Å². The molecule has 0 bridgehead atoms. The van der Waals surface area contributed by atoms with Crippen LogP contribution in [0.1, 0.15) is 40.6 Å². The standard InChI is InChI=1S/C23H22BrN3O3/c1-15-4-2-3-5-19(15)20(16-6-9-18(24)10-7-16)12-21(26-30)17-8-11-23(29)27(13-17)14-22(25)28/h2-11,13,20-21H,12,14H2,1H3,(H2,25,28). The number of aromatic nitrogens is 1. The Balaban J connectivity index is 2.01. The lowest BCUT2D eigenvalue weighted by molar-refractivity contribution is -0.118. The van der Waals surface area contributed by atoms with Gasteiger partial charge in [-0.1, -0.05) is 57.5 Å². The molecule has 0 saturated heterocycles. The number of primary amides is 1. The summed E-state index contributed by atoms with van der Waals surface area (Å²) in [6, 6.07) is 18.3. The third-order valence-corrected chi connectivity index (χ3v) is 5.67. The van der Waals surface area contributed by atoms with E-state index in [1.54, 1.807) is 6.07 Å². The van der Waals surface area contributed by atoms with Crippen LogP contribution < -0.4 is 11.3 Å². The van der Waals surface area contributed by atoms with Gasteiger partial charge in [-0.25, -0.2) is 0 Å². The number of carbonyl (C=O) groups excluding carboxylic acids is 1. The SMILES string of the molecule is Cc1ccccc1C(CC(N=O)c1ccc(=O)n(CC(N)=O)c1)c1ccc(Br)cc1. The molecular weight excluding hydrogens is 446 g/mol. The van der Waals surface area contributed by atoms with E-state index in [2.05, 4.69) is 27.2 Å². The van der Waals surface area contributed by atoms with Crippen LogP contribution in [0.3, 0.4) is 0 Å². The second-order valence-electron chi connectivity index (χ2n) is 7.21. The van der Waals surface area contributed by atoms with E-state index in [-0.39, 0.29) is 18.0 Å². The van der Waals surface area contributed by atoms with Crippen LogP contribution in [0, 0.1) is 11.8 Å². The molecule has 0 fully saturated rings. The molecule has 0 aliphatic carbocycles. The van der Waals surface area contributed by atoms with Crippen LogP contribution in [0.25, 0.3) is 0 Å². The van der Waals surface area contributed by atoms with Crippen molar-refractivity contribution < 1.29 is 4.79 Å². The highest BCUT2D eigenvalue weighted by Crippen LogP contribution is 2.37. The maximum Gasteiger partial charge on any atom is 0.251 e.